The average Bonchev–Trinajstić information content (AvgIpc) is 2.51. The smallest absolute Gasteiger partial charge is 0.307 e. The van der Waals surface area contributed by atoms with Gasteiger partial charge in [-0.3, -0.25) is 4.79 Å². The van der Waals surface area contributed by atoms with Crippen molar-refractivity contribution in [2.24, 2.45) is 17.6 Å². The topological polar surface area (TPSA) is 63.3 Å². The Morgan fingerprint density at radius 1 is 1.50 bits per heavy atom. The van der Waals surface area contributed by atoms with Crippen molar-refractivity contribution in [3.8, 4) is 0 Å². The predicted molar refractivity (Wildman–Crippen MR) is 46.8 cm³/mol. The van der Waals surface area contributed by atoms with Crippen LogP contribution in [0.1, 0.15) is 32.1 Å². The van der Waals surface area contributed by atoms with Crippen molar-refractivity contribution in [1.82, 2.24) is 0 Å². The Labute approximate surface area is 72.9 Å². The van der Waals surface area contributed by atoms with Gasteiger partial charge in [-0.15, -0.1) is 0 Å². The van der Waals surface area contributed by atoms with Gasteiger partial charge in [0, 0.05) is 6.54 Å². The fourth-order valence-corrected chi connectivity index (χ4v) is 1.95. The number of carbonyl (C=O) groups is 1. The Morgan fingerprint density at radius 3 is 2.50 bits per heavy atom. The van der Waals surface area contributed by atoms with Gasteiger partial charge in [0.2, 0.25) is 0 Å². The Morgan fingerprint density at radius 2 is 2.08 bits per heavy atom. The summed E-state index contributed by atoms with van der Waals surface area (Å²) in [6, 6.07) is 0. The van der Waals surface area contributed by atoms with E-state index < -0.39 is 5.97 Å². The van der Waals surface area contributed by atoms with Crippen molar-refractivity contribution in [3.63, 3.8) is 0 Å². The van der Waals surface area contributed by atoms with E-state index >= 15 is 0 Å². The van der Waals surface area contributed by atoms with E-state index in [9.17, 15) is 4.79 Å². The third kappa shape index (κ3) is 2.48. The van der Waals surface area contributed by atoms with Crippen LogP contribution in [0, 0.1) is 11.8 Å². The summed E-state index contributed by atoms with van der Waals surface area (Å²) in [5.41, 5.74) is 5.37. The molecule has 0 aromatic rings. The molecule has 1 unspecified atom stereocenters. The largest absolute Gasteiger partial charge is 0.481 e. The van der Waals surface area contributed by atoms with Crippen LogP contribution in [0.2, 0.25) is 0 Å². The SMILES string of the molecule is NCC(CC1CCCC1)C(=O)O. The molecule has 0 heterocycles. The van der Waals surface area contributed by atoms with Crippen LogP contribution in [0.15, 0.2) is 0 Å². The van der Waals surface area contributed by atoms with E-state index in [0.717, 1.165) is 6.42 Å². The molecule has 0 aromatic heterocycles. The summed E-state index contributed by atoms with van der Waals surface area (Å²) in [5.74, 6) is -0.424. The van der Waals surface area contributed by atoms with E-state index in [1.54, 1.807) is 0 Å². The molecular formula is C9H17NO2. The predicted octanol–water partition coefficient (Wildman–Crippen LogP) is 1.23. The van der Waals surface area contributed by atoms with Gasteiger partial charge in [-0.2, -0.15) is 0 Å². The molecule has 0 radical (unpaired) electrons. The lowest BCUT2D eigenvalue weighted by Crippen LogP contribution is -2.25. The molecule has 0 aliphatic heterocycles. The monoisotopic (exact) mass is 171 g/mol. The second-order valence-electron chi connectivity index (χ2n) is 3.66. The molecule has 1 aliphatic carbocycles. The standard InChI is InChI=1S/C9H17NO2/c10-6-8(9(11)12)5-7-3-1-2-4-7/h7-8H,1-6,10H2,(H,11,12). The van der Waals surface area contributed by atoms with Crippen molar-refractivity contribution in [3.05, 3.63) is 0 Å². The van der Waals surface area contributed by atoms with Gasteiger partial charge in [0.15, 0.2) is 0 Å². The summed E-state index contributed by atoms with van der Waals surface area (Å²) in [4.78, 5) is 10.6. The van der Waals surface area contributed by atoms with Gasteiger partial charge in [0.05, 0.1) is 5.92 Å². The van der Waals surface area contributed by atoms with Crippen LogP contribution < -0.4 is 5.73 Å². The third-order valence-electron chi connectivity index (χ3n) is 2.73. The molecular weight excluding hydrogens is 154 g/mol. The van der Waals surface area contributed by atoms with Gasteiger partial charge in [0.25, 0.3) is 0 Å². The highest BCUT2D eigenvalue weighted by atomic mass is 16.4. The molecule has 0 saturated heterocycles. The summed E-state index contributed by atoms with van der Waals surface area (Å²) in [6.07, 6.45) is 5.71. The van der Waals surface area contributed by atoms with E-state index in [0.29, 0.717) is 5.92 Å². The highest BCUT2D eigenvalue weighted by Gasteiger charge is 2.23. The lowest BCUT2D eigenvalue weighted by atomic mass is 9.93. The van der Waals surface area contributed by atoms with Crippen molar-refractivity contribution in [2.45, 2.75) is 32.1 Å². The first-order valence-corrected chi connectivity index (χ1v) is 4.67. The fourth-order valence-electron chi connectivity index (χ4n) is 1.95. The van der Waals surface area contributed by atoms with E-state index in [-0.39, 0.29) is 12.5 Å². The molecule has 0 bridgehead atoms. The highest BCUT2D eigenvalue weighted by Crippen LogP contribution is 2.30. The summed E-state index contributed by atoms with van der Waals surface area (Å²) in [6.45, 7) is 0.284. The second-order valence-corrected chi connectivity index (χ2v) is 3.66. The van der Waals surface area contributed by atoms with E-state index in [1.165, 1.54) is 25.7 Å². The zero-order valence-electron chi connectivity index (χ0n) is 7.33. The molecule has 3 N–H and O–H groups in total. The molecule has 1 fully saturated rings. The molecule has 70 valence electrons. The van der Waals surface area contributed by atoms with Gasteiger partial charge in [-0.25, -0.2) is 0 Å². The van der Waals surface area contributed by atoms with Gasteiger partial charge >= 0.3 is 5.97 Å². The molecule has 1 atom stereocenters. The molecule has 12 heavy (non-hydrogen) atoms. The van der Waals surface area contributed by atoms with Crippen LogP contribution in [0.4, 0.5) is 0 Å². The number of carboxylic acids is 1. The fraction of sp³-hybridized carbons (Fsp3) is 0.889. The number of nitrogens with two attached hydrogens (primary N) is 1. The van der Waals surface area contributed by atoms with Crippen molar-refractivity contribution < 1.29 is 9.90 Å². The van der Waals surface area contributed by atoms with Crippen molar-refractivity contribution in [1.29, 1.82) is 0 Å². The van der Waals surface area contributed by atoms with E-state index in [1.807, 2.05) is 0 Å². The minimum absolute atomic E-state index is 0.284. The highest BCUT2D eigenvalue weighted by molar-refractivity contribution is 5.70. The lowest BCUT2D eigenvalue weighted by molar-refractivity contribution is -0.141. The van der Waals surface area contributed by atoms with Gasteiger partial charge in [-0.1, -0.05) is 25.7 Å². The molecule has 3 nitrogen and oxygen atoms in total. The van der Waals surface area contributed by atoms with Crippen LogP contribution in [0.5, 0.6) is 0 Å². The molecule has 1 aliphatic rings. The average molecular weight is 171 g/mol. The number of hydrogen-bond donors (Lipinski definition) is 2. The summed E-state index contributed by atoms with van der Waals surface area (Å²) >= 11 is 0. The maximum atomic E-state index is 10.6. The quantitative estimate of drug-likeness (QED) is 0.668. The van der Waals surface area contributed by atoms with Crippen LogP contribution in [0.3, 0.4) is 0 Å². The van der Waals surface area contributed by atoms with Crippen LogP contribution in [-0.4, -0.2) is 17.6 Å². The minimum Gasteiger partial charge on any atom is -0.481 e. The van der Waals surface area contributed by atoms with E-state index in [4.69, 9.17) is 10.8 Å². The molecule has 1 saturated carbocycles. The Kier molecular flexibility index (Phi) is 3.53. The minimum atomic E-state index is -0.732. The van der Waals surface area contributed by atoms with Crippen LogP contribution >= 0.6 is 0 Å². The third-order valence-corrected chi connectivity index (χ3v) is 2.73. The number of rotatable bonds is 4. The Balaban J connectivity index is 2.30. The van der Waals surface area contributed by atoms with Gasteiger partial charge in [0.1, 0.15) is 0 Å². The zero-order chi connectivity index (χ0) is 8.97. The van der Waals surface area contributed by atoms with Gasteiger partial charge in [-0.05, 0) is 12.3 Å². The van der Waals surface area contributed by atoms with Crippen LogP contribution in [0.25, 0.3) is 0 Å². The normalized spacial score (nSPS) is 21.1. The first kappa shape index (κ1) is 9.52. The number of carboxylic acid groups (broad SMARTS) is 1. The molecule has 0 spiro atoms. The zero-order valence-corrected chi connectivity index (χ0v) is 7.33. The first-order valence-electron chi connectivity index (χ1n) is 4.67. The summed E-state index contributed by atoms with van der Waals surface area (Å²) < 4.78 is 0. The molecule has 0 aromatic carbocycles. The Hall–Kier alpha value is -0.570. The van der Waals surface area contributed by atoms with Crippen molar-refractivity contribution >= 4 is 5.97 Å². The molecule has 1 rings (SSSR count). The summed E-state index contributed by atoms with van der Waals surface area (Å²) in [7, 11) is 0. The van der Waals surface area contributed by atoms with Crippen molar-refractivity contribution in [2.75, 3.05) is 6.54 Å². The van der Waals surface area contributed by atoms with Crippen LogP contribution in [-0.2, 0) is 4.79 Å². The molecule has 3 heteroatoms. The first-order chi connectivity index (χ1) is 5.74. The number of aliphatic carboxylic acids is 1. The Bertz CT molecular complexity index is 153. The maximum Gasteiger partial charge on any atom is 0.307 e. The molecule has 0 amide bonds. The number of hydrogen-bond acceptors (Lipinski definition) is 2. The van der Waals surface area contributed by atoms with E-state index in [2.05, 4.69) is 0 Å². The maximum absolute atomic E-state index is 10.6. The summed E-state index contributed by atoms with van der Waals surface area (Å²) in [5, 5.41) is 8.75. The van der Waals surface area contributed by atoms with Gasteiger partial charge < -0.3 is 10.8 Å². The lowest BCUT2D eigenvalue weighted by Gasteiger charge is -2.14. The second kappa shape index (κ2) is 4.45.